The molecule has 1 atom stereocenters. The van der Waals surface area contributed by atoms with Gasteiger partial charge in [0.05, 0.1) is 36.7 Å². The molecule has 6 N–H and O–H groups in total. The number of amides is 2. The van der Waals surface area contributed by atoms with Crippen LogP contribution in [-0.4, -0.2) is 59.1 Å². The van der Waals surface area contributed by atoms with Gasteiger partial charge in [-0.05, 0) is 29.3 Å². The number of hydrogen-bond donors (Lipinski definition) is 5. The van der Waals surface area contributed by atoms with Crippen LogP contribution < -0.4 is 26.4 Å². The maximum absolute atomic E-state index is 13.9. The zero-order chi connectivity index (χ0) is 28.1. The molecule has 4 rings (SSSR count). The number of aliphatic hydroxyl groups excluding tert-OH is 1. The van der Waals surface area contributed by atoms with Crippen LogP contribution in [0.25, 0.3) is 11.3 Å². The molecule has 1 aromatic heterocycles. The number of rotatable bonds is 10. The molecule has 3 aromatic rings. The van der Waals surface area contributed by atoms with E-state index in [1.807, 2.05) is 0 Å². The Morgan fingerprint density at radius 3 is 2.82 bits per heavy atom. The van der Waals surface area contributed by atoms with Crippen LogP contribution in [0.4, 0.5) is 10.3 Å². The van der Waals surface area contributed by atoms with E-state index in [-0.39, 0.29) is 35.7 Å². The van der Waals surface area contributed by atoms with Crippen LogP contribution in [0.5, 0.6) is 5.75 Å². The minimum atomic E-state index is -0.881. The number of ether oxygens (including phenoxy) is 1. The summed E-state index contributed by atoms with van der Waals surface area (Å²) in [4.78, 5) is 35.9. The fraction of sp³-hybridized carbons (Fsp3) is 0.231. The summed E-state index contributed by atoms with van der Waals surface area (Å²) in [6.07, 6.45) is 2.77. The predicted molar refractivity (Wildman–Crippen MR) is 143 cm³/mol. The summed E-state index contributed by atoms with van der Waals surface area (Å²) in [7, 11) is 3.07. The summed E-state index contributed by atoms with van der Waals surface area (Å²) in [6, 6.07) is 8.26. The molecule has 1 unspecified atom stereocenters. The number of nitrogens with one attached hydrogen (secondary N) is 3. The van der Waals surface area contributed by atoms with Gasteiger partial charge in [-0.2, -0.15) is 0 Å². The highest BCUT2D eigenvalue weighted by molar-refractivity contribution is 6.33. The van der Waals surface area contributed by atoms with Crippen molar-refractivity contribution in [2.24, 2.45) is 5.73 Å². The van der Waals surface area contributed by atoms with Gasteiger partial charge in [0.1, 0.15) is 23.9 Å². The minimum Gasteiger partial charge on any atom is -0.497 e. The predicted octanol–water partition coefficient (Wildman–Crippen LogP) is 2.14. The lowest BCUT2D eigenvalue weighted by molar-refractivity contribution is -0.122. The van der Waals surface area contributed by atoms with Gasteiger partial charge >= 0.3 is 0 Å². The van der Waals surface area contributed by atoms with E-state index in [0.29, 0.717) is 28.2 Å². The van der Waals surface area contributed by atoms with E-state index in [1.165, 1.54) is 42.6 Å². The molecule has 204 valence electrons. The standard InChI is InChI=1S/C26H27ClFN7O4/c1-30-22(9-29)33-26-31-10-20(27)24(34-26)14-3-4-15-11-35(25(38)19(15)7-14)12-23(37)32-21(13-36)16-5-17(28)8-18(6-16)39-2/h3-10,21,30,36H,11-13,29H2,1-2H3,(H,32,37)(H,31,33,34)/b22-9+. The number of aliphatic hydroxyl groups is 1. The Balaban J connectivity index is 1.48. The van der Waals surface area contributed by atoms with Crippen LogP contribution >= 0.6 is 11.6 Å². The molecule has 2 heterocycles. The second kappa shape index (κ2) is 12.0. The van der Waals surface area contributed by atoms with Gasteiger partial charge in [-0.1, -0.05) is 23.7 Å². The van der Waals surface area contributed by atoms with Crippen molar-refractivity contribution in [3.63, 3.8) is 0 Å². The van der Waals surface area contributed by atoms with E-state index in [0.717, 1.165) is 5.56 Å². The Morgan fingerprint density at radius 2 is 2.13 bits per heavy atom. The first-order valence-corrected chi connectivity index (χ1v) is 12.2. The van der Waals surface area contributed by atoms with Crippen LogP contribution in [0.3, 0.4) is 0 Å². The number of hydrogen-bond acceptors (Lipinski definition) is 9. The number of carbonyl (C=O) groups is 2. The van der Waals surface area contributed by atoms with Gasteiger partial charge in [-0.15, -0.1) is 0 Å². The highest BCUT2D eigenvalue weighted by Crippen LogP contribution is 2.31. The summed E-state index contributed by atoms with van der Waals surface area (Å²) >= 11 is 6.35. The quantitative estimate of drug-likeness (QED) is 0.253. The van der Waals surface area contributed by atoms with Crippen molar-refractivity contribution < 1.29 is 23.8 Å². The Bertz CT molecular complexity index is 1440. The lowest BCUT2D eigenvalue weighted by Crippen LogP contribution is -2.40. The number of methoxy groups -OCH3 is 1. The molecule has 1 aliphatic rings. The smallest absolute Gasteiger partial charge is 0.254 e. The topological polar surface area (TPSA) is 155 Å². The molecule has 0 aliphatic carbocycles. The molecular weight excluding hydrogens is 529 g/mol. The van der Waals surface area contributed by atoms with E-state index in [2.05, 4.69) is 25.9 Å². The molecule has 0 fully saturated rings. The lowest BCUT2D eigenvalue weighted by atomic mass is 10.0. The van der Waals surface area contributed by atoms with Gasteiger partial charge < -0.3 is 36.4 Å². The minimum absolute atomic E-state index is 0.219. The normalized spacial score (nSPS) is 13.6. The summed E-state index contributed by atoms with van der Waals surface area (Å²) in [5, 5.41) is 18.5. The molecule has 11 nitrogen and oxygen atoms in total. The van der Waals surface area contributed by atoms with Gasteiger partial charge in [0.15, 0.2) is 0 Å². The summed E-state index contributed by atoms with van der Waals surface area (Å²) in [6.45, 7) is -0.508. The Labute approximate surface area is 228 Å². The molecule has 13 heteroatoms. The molecule has 0 radical (unpaired) electrons. The Kier molecular flexibility index (Phi) is 8.47. The number of anilines is 1. The van der Waals surface area contributed by atoms with Gasteiger partial charge in [0.2, 0.25) is 11.9 Å². The molecule has 2 aromatic carbocycles. The summed E-state index contributed by atoms with van der Waals surface area (Å²) in [5.74, 6) is -0.434. The monoisotopic (exact) mass is 555 g/mol. The lowest BCUT2D eigenvalue weighted by Gasteiger charge is -2.20. The van der Waals surface area contributed by atoms with E-state index >= 15 is 0 Å². The second-order valence-electron chi connectivity index (χ2n) is 8.61. The highest BCUT2D eigenvalue weighted by atomic mass is 35.5. The van der Waals surface area contributed by atoms with Crippen molar-refractivity contribution in [1.82, 2.24) is 25.5 Å². The molecule has 0 bridgehead atoms. The molecule has 39 heavy (non-hydrogen) atoms. The van der Waals surface area contributed by atoms with Gasteiger partial charge in [0, 0.05) is 37.0 Å². The average Bonchev–Trinajstić information content (AvgIpc) is 3.24. The van der Waals surface area contributed by atoms with Crippen molar-refractivity contribution in [1.29, 1.82) is 0 Å². The van der Waals surface area contributed by atoms with Crippen LogP contribution in [0.2, 0.25) is 5.02 Å². The number of nitrogens with zero attached hydrogens (tertiary/aromatic N) is 3. The molecule has 1 aliphatic heterocycles. The van der Waals surface area contributed by atoms with Crippen LogP contribution in [0, 0.1) is 5.82 Å². The maximum atomic E-state index is 13.9. The number of nitrogens with two attached hydrogens (primary N) is 1. The first kappa shape index (κ1) is 27.6. The maximum Gasteiger partial charge on any atom is 0.254 e. The first-order chi connectivity index (χ1) is 18.8. The molecular formula is C26H27ClFN7O4. The van der Waals surface area contributed by atoms with Crippen LogP contribution in [0.1, 0.15) is 27.5 Å². The van der Waals surface area contributed by atoms with Gasteiger partial charge in [-0.25, -0.2) is 14.4 Å². The van der Waals surface area contributed by atoms with Crippen molar-refractivity contribution >= 4 is 29.4 Å². The van der Waals surface area contributed by atoms with Crippen molar-refractivity contribution in [2.45, 2.75) is 12.6 Å². The zero-order valence-corrected chi connectivity index (χ0v) is 21.9. The molecule has 0 saturated heterocycles. The number of carbonyl (C=O) groups excluding carboxylic acids is 2. The van der Waals surface area contributed by atoms with Gasteiger partial charge in [0.25, 0.3) is 5.91 Å². The third-order valence-electron chi connectivity index (χ3n) is 6.07. The van der Waals surface area contributed by atoms with Crippen LogP contribution in [-0.2, 0) is 11.3 Å². The Morgan fingerprint density at radius 1 is 1.33 bits per heavy atom. The number of halogens is 2. The number of aromatic nitrogens is 2. The van der Waals surface area contributed by atoms with E-state index < -0.39 is 24.4 Å². The average molecular weight is 556 g/mol. The largest absolute Gasteiger partial charge is 0.497 e. The number of fused-ring (bicyclic) bond motifs is 1. The molecule has 0 spiro atoms. The summed E-state index contributed by atoms with van der Waals surface area (Å²) < 4.78 is 19.0. The SMILES string of the molecule is CN/C(=C\N)Nc1ncc(Cl)c(-c2ccc3c(c2)C(=O)N(CC(=O)NC(CO)c2cc(F)cc(OC)c2)C3)n1. The molecule has 0 saturated carbocycles. The van der Waals surface area contributed by atoms with Crippen molar-refractivity contribution in [2.75, 3.05) is 32.6 Å². The van der Waals surface area contributed by atoms with Gasteiger partial charge in [-0.3, -0.25) is 9.59 Å². The van der Waals surface area contributed by atoms with Crippen LogP contribution in [0.15, 0.2) is 54.6 Å². The van der Waals surface area contributed by atoms with E-state index in [4.69, 9.17) is 22.1 Å². The molecule has 2 amide bonds. The van der Waals surface area contributed by atoms with Crippen molar-refractivity contribution in [3.8, 4) is 17.0 Å². The third kappa shape index (κ3) is 6.19. The second-order valence-corrected chi connectivity index (χ2v) is 9.01. The first-order valence-electron chi connectivity index (χ1n) is 11.8. The third-order valence-corrected chi connectivity index (χ3v) is 6.35. The highest BCUT2D eigenvalue weighted by Gasteiger charge is 2.30. The zero-order valence-electron chi connectivity index (χ0n) is 21.2. The van der Waals surface area contributed by atoms with E-state index in [1.54, 1.807) is 25.2 Å². The summed E-state index contributed by atoms with van der Waals surface area (Å²) in [5.41, 5.74) is 8.02. The fourth-order valence-electron chi connectivity index (χ4n) is 4.13. The van der Waals surface area contributed by atoms with Crippen molar-refractivity contribution in [3.05, 3.63) is 82.1 Å². The fourth-order valence-corrected chi connectivity index (χ4v) is 4.33. The number of benzene rings is 2. The van der Waals surface area contributed by atoms with E-state index in [9.17, 15) is 19.1 Å². The Hall–Kier alpha value is -4.42.